The van der Waals surface area contributed by atoms with Crippen molar-refractivity contribution < 1.29 is 19.5 Å². The Morgan fingerprint density at radius 2 is 1.93 bits per heavy atom. The zero-order chi connectivity index (χ0) is 20.5. The smallest absolute Gasteiger partial charge is 0.175 e. The Kier molecular flexibility index (Phi) is 5.39. The van der Waals surface area contributed by atoms with Crippen molar-refractivity contribution in [1.29, 1.82) is 0 Å². The van der Waals surface area contributed by atoms with E-state index in [4.69, 9.17) is 20.9 Å². The number of hydrogen-bond acceptors (Lipinski definition) is 6. The molecule has 4 rings (SSSR count). The first-order valence-corrected chi connectivity index (χ1v) is 9.95. The van der Waals surface area contributed by atoms with Crippen LogP contribution in [0.1, 0.15) is 30.7 Å². The molecule has 6 nitrogen and oxygen atoms in total. The van der Waals surface area contributed by atoms with Crippen molar-refractivity contribution in [2.75, 3.05) is 6.54 Å². The maximum Gasteiger partial charge on any atom is 0.175 e. The van der Waals surface area contributed by atoms with Crippen molar-refractivity contribution in [3.63, 3.8) is 0 Å². The van der Waals surface area contributed by atoms with Gasteiger partial charge in [-0.2, -0.15) is 0 Å². The van der Waals surface area contributed by atoms with Crippen molar-refractivity contribution >= 4 is 11.6 Å². The minimum atomic E-state index is -0.173. The fraction of sp³-hybridized carbons (Fsp3) is 0.318. The lowest BCUT2D eigenvalue weighted by Crippen LogP contribution is -2.30. The Morgan fingerprint density at radius 3 is 2.66 bits per heavy atom. The molecule has 0 spiro atoms. The van der Waals surface area contributed by atoms with E-state index in [-0.39, 0.29) is 22.6 Å². The number of phenols is 2. The molecule has 3 aromatic rings. The third-order valence-electron chi connectivity index (χ3n) is 4.93. The summed E-state index contributed by atoms with van der Waals surface area (Å²) in [5.41, 5.74) is 3.45. The summed E-state index contributed by atoms with van der Waals surface area (Å²) in [5, 5.41) is 24.2. The Bertz CT molecular complexity index is 1010. The van der Waals surface area contributed by atoms with Crippen LogP contribution in [0.5, 0.6) is 17.2 Å². The fourth-order valence-electron chi connectivity index (χ4n) is 3.55. The van der Waals surface area contributed by atoms with Crippen molar-refractivity contribution in [3.8, 4) is 28.6 Å². The number of hydrogen-bond donors (Lipinski definition) is 2. The second-order valence-electron chi connectivity index (χ2n) is 7.53. The molecule has 152 valence electrons. The van der Waals surface area contributed by atoms with Gasteiger partial charge in [0.15, 0.2) is 5.76 Å². The molecule has 2 aromatic carbocycles. The van der Waals surface area contributed by atoms with E-state index in [1.807, 2.05) is 26.0 Å². The fourth-order valence-corrected chi connectivity index (χ4v) is 3.72. The third-order valence-corrected chi connectivity index (χ3v) is 5.23. The second-order valence-corrected chi connectivity index (χ2v) is 7.94. The maximum absolute atomic E-state index is 10.2. The van der Waals surface area contributed by atoms with E-state index in [2.05, 4.69) is 22.2 Å². The van der Waals surface area contributed by atoms with Gasteiger partial charge in [0.25, 0.3) is 0 Å². The average molecular weight is 415 g/mol. The minimum absolute atomic E-state index is 0.0938. The van der Waals surface area contributed by atoms with Gasteiger partial charge in [0.1, 0.15) is 17.2 Å². The van der Waals surface area contributed by atoms with Gasteiger partial charge in [-0.25, -0.2) is 0 Å². The molecule has 0 unspecified atom stereocenters. The molecular formula is C22H23ClN2O4. The van der Waals surface area contributed by atoms with Crippen molar-refractivity contribution in [2.24, 2.45) is 0 Å². The summed E-state index contributed by atoms with van der Waals surface area (Å²) in [6.07, 6.45) is 0.915. The molecular weight excluding hydrogens is 392 g/mol. The molecule has 7 heteroatoms. The quantitative estimate of drug-likeness (QED) is 0.627. The van der Waals surface area contributed by atoms with Gasteiger partial charge in [-0.3, -0.25) is 4.90 Å². The first-order valence-electron chi connectivity index (χ1n) is 9.58. The van der Waals surface area contributed by atoms with E-state index >= 15 is 0 Å². The lowest BCUT2D eigenvalue weighted by atomic mass is 10.0. The number of rotatable bonds is 5. The van der Waals surface area contributed by atoms with Crippen LogP contribution >= 0.6 is 11.6 Å². The summed E-state index contributed by atoms with van der Waals surface area (Å²) in [5.74, 6) is 1.09. The molecule has 2 heterocycles. The van der Waals surface area contributed by atoms with E-state index in [1.54, 1.807) is 0 Å². The van der Waals surface area contributed by atoms with Gasteiger partial charge in [0.05, 0.1) is 22.4 Å². The normalized spacial score (nSPS) is 14.2. The molecule has 0 saturated carbocycles. The summed E-state index contributed by atoms with van der Waals surface area (Å²) in [6.45, 7) is 6.32. The highest BCUT2D eigenvalue weighted by molar-refractivity contribution is 6.32. The highest BCUT2D eigenvalue weighted by Crippen LogP contribution is 2.40. The molecule has 0 radical (unpaired) electrons. The van der Waals surface area contributed by atoms with E-state index < -0.39 is 0 Å². The standard InChI is InChI=1S/C22H23ClN2O4/c1-13(2)28-15-5-3-14(4-6-15)11-25-8-7-19-17(12-25)22(29-24-19)16-9-18(23)21(27)10-20(16)26/h3-6,9-10,13,26-27H,7-8,11-12H2,1-2H3. The van der Waals surface area contributed by atoms with Crippen LogP contribution in [0.4, 0.5) is 0 Å². The molecule has 0 atom stereocenters. The highest BCUT2D eigenvalue weighted by atomic mass is 35.5. The maximum atomic E-state index is 10.2. The van der Waals surface area contributed by atoms with Gasteiger partial charge in [0.2, 0.25) is 0 Å². The number of ether oxygens (including phenoxy) is 1. The Balaban J connectivity index is 1.53. The molecule has 0 aliphatic carbocycles. The van der Waals surface area contributed by atoms with E-state index in [9.17, 15) is 10.2 Å². The highest BCUT2D eigenvalue weighted by Gasteiger charge is 2.26. The Labute approximate surface area is 174 Å². The SMILES string of the molecule is CC(C)Oc1ccc(CN2CCc3noc(-c4cc(Cl)c(O)cc4O)c3C2)cc1. The van der Waals surface area contributed by atoms with Gasteiger partial charge < -0.3 is 19.5 Å². The molecule has 0 amide bonds. The van der Waals surface area contributed by atoms with Crippen LogP contribution in [0.2, 0.25) is 5.02 Å². The number of aromatic hydroxyl groups is 2. The van der Waals surface area contributed by atoms with E-state index in [0.717, 1.165) is 36.5 Å². The summed E-state index contributed by atoms with van der Waals surface area (Å²) >= 11 is 6.02. The second kappa shape index (κ2) is 7.97. The van der Waals surface area contributed by atoms with Crippen LogP contribution in [0.25, 0.3) is 11.3 Å². The Morgan fingerprint density at radius 1 is 1.17 bits per heavy atom. The lowest BCUT2D eigenvalue weighted by Gasteiger charge is -2.26. The van der Waals surface area contributed by atoms with Gasteiger partial charge in [-0.15, -0.1) is 0 Å². The molecule has 0 bridgehead atoms. The predicted octanol–water partition coefficient (Wildman–Crippen LogP) is 4.75. The van der Waals surface area contributed by atoms with E-state index in [1.165, 1.54) is 17.7 Å². The number of phenolic OH excluding ortho intramolecular Hbond substituents is 2. The largest absolute Gasteiger partial charge is 0.507 e. The zero-order valence-electron chi connectivity index (χ0n) is 16.4. The molecule has 1 aliphatic heterocycles. The van der Waals surface area contributed by atoms with E-state index in [0.29, 0.717) is 17.9 Å². The summed E-state index contributed by atoms with van der Waals surface area (Å²) < 4.78 is 11.2. The average Bonchev–Trinajstić information content (AvgIpc) is 3.09. The van der Waals surface area contributed by atoms with Gasteiger partial charge in [-0.1, -0.05) is 28.9 Å². The lowest BCUT2D eigenvalue weighted by molar-refractivity contribution is 0.239. The van der Waals surface area contributed by atoms with Gasteiger partial charge >= 0.3 is 0 Å². The number of aromatic nitrogens is 1. The Hall–Kier alpha value is -2.70. The van der Waals surface area contributed by atoms with Gasteiger partial charge in [-0.05, 0) is 37.6 Å². The zero-order valence-corrected chi connectivity index (χ0v) is 17.1. The van der Waals surface area contributed by atoms with Crippen molar-refractivity contribution in [1.82, 2.24) is 10.1 Å². The monoisotopic (exact) mass is 414 g/mol. The molecule has 1 aliphatic rings. The van der Waals surface area contributed by atoms with Crippen LogP contribution < -0.4 is 4.74 Å². The third kappa shape index (κ3) is 4.18. The van der Waals surface area contributed by atoms with Crippen molar-refractivity contribution in [2.45, 2.75) is 39.5 Å². The van der Waals surface area contributed by atoms with Crippen LogP contribution in [0.15, 0.2) is 40.9 Å². The summed E-state index contributed by atoms with van der Waals surface area (Å²) in [6, 6.07) is 10.9. The number of halogens is 1. The number of nitrogens with zero attached hydrogens (tertiary/aromatic N) is 2. The predicted molar refractivity (Wildman–Crippen MR) is 110 cm³/mol. The van der Waals surface area contributed by atoms with Crippen LogP contribution in [-0.4, -0.2) is 32.9 Å². The number of fused-ring (bicyclic) bond motifs is 1. The minimum Gasteiger partial charge on any atom is -0.507 e. The molecule has 1 aromatic heterocycles. The molecule has 29 heavy (non-hydrogen) atoms. The van der Waals surface area contributed by atoms with Gasteiger partial charge in [0, 0.05) is 37.7 Å². The topological polar surface area (TPSA) is 79.0 Å². The summed E-state index contributed by atoms with van der Waals surface area (Å²) in [4.78, 5) is 2.31. The van der Waals surface area contributed by atoms with Crippen LogP contribution in [0, 0.1) is 0 Å². The first kappa shape index (κ1) is 19.6. The number of benzene rings is 2. The van der Waals surface area contributed by atoms with Crippen molar-refractivity contribution in [3.05, 3.63) is 58.2 Å². The molecule has 0 fully saturated rings. The molecule has 0 saturated heterocycles. The summed E-state index contributed by atoms with van der Waals surface area (Å²) in [7, 11) is 0. The first-order chi connectivity index (χ1) is 13.9. The van der Waals surface area contributed by atoms with Crippen LogP contribution in [0.3, 0.4) is 0 Å². The molecule has 2 N–H and O–H groups in total. The van der Waals surface area contributed by atoms with Crippen LogP contribution in [-0.2, 0) is 19.5 Å².